The molecule has 1 aliphatic rings. The molecule has 1 fully saturated rings. The molecule has 5 nitrogen and oxygen atoms in total. The molecule has 0 heterocycles. The fourth-order valence-electron chi connectivity index (χ4n) is 2.16. The molecule has 0 bridgehead atoms. The van der Waals surface area contributed by atoms with Crippen molar-refractivity contribution in [1.29, 1.82) is 0 Å². The molecule has 1 aliphatic carbocycles. The second-order valence-electron chi connectivity index (χ2n) is 4.76. The van der Waals surface area contributed by atoms with Gasteiger partial charge in [-0.1, -0.05) is 6.58 Å². The first-order valence-corrected chi connectivity index (χ1v) is 6.77. The minimum absolute atomic E-state index is 0.186. The maximum atomic E-state index is 10.8. The third-order valence-corrected chi connectivity index (χ3v) is 3.33. The zero-order chi connectivity index (χ0) is 14.1. The predicted molar refractivity (Wildman–Crippen MR) is 69.7 cm³/mol. The number of carboxylic acids is 1. The Labute approximate surface area is 113 Å². The van der Waals surface area contributed by atoms with Gasteiger partial charge in [-0.05, 0) is 38.5 Å². The van der Waals surface area contributed by atoms with E-state index in [1.807, 2.05) is 0 Å². The number of ether oxygens (including phenoxy) is 2. The first kappa shape index (κ1) is 15.7. The maximum absolute atomic E-state index is 10.8. The van der Waals surface area contributed by atoms with E-state index < -0.39 is 11.9 Å². The Hall–Kier alpha value is -1.36. The van der Waals surface area contributed by atoms with Crippen molar-refractivity contribution < 1.29 is 24.2 Å². The molecule has 0 amide bonds. The smallest absolute Gasteiger partial charge is 0.330 e. The Morgan fingerprint density at radius 2 is 1.79 bits per heavy atom. The van der Waals surface area contributed by atoms with E-state index in [4.69, 9.17) is 14.6 Å². The van der Waals surface area contributed by atoms with Gasteiger partial charge < -0.3 is 14.6 Å². The van der Waals surface area contributed by atoms with Crippen molar-refractivity contribution in [3.05, 3.63) is 12.7 Å². The van der Waals surface area contributed by atoms with Crippen LogP contribution in [0.4, 0.5) is 0 Å². The third-order valence-electron chi connectivity index (χ3n) is 3.33. The van der Waals surface area contributed by atoms with E-state index in [0.29, 0.717) is 26.1 Å². The SMILES string of the molecule is C=CC(=O)OCCCCOC1CCC(C(=O)O)CC1. The minimum atomic E-state index is -0.692. The summed E-state index contributed by atoms with van der Waals surface area (Å²) in [5.41, 5.74) is 0. The minimum Gasteiger partial charge on any atom is -0.481 e. The summed E-state index contributed by atoms with van der Waals surface area (Å²) in [6.45, 7) is 4.34. The van der Waals surface area contributed by atoms with Gasteiger partial charge in [0.2, 0.25) is 0 Å². The van der Waals surface area contributed by atoms with Gasteiger partial charge in [0.05, 0.1) is 18.6 Å². The van der Waals surface area contributed by atoms with Gasteiger partial charge in [-0.25, -0.2) is 4.79 Å². The summed E-state index contributed by atoms with van der Waals surface area (Å²) in [6, 6.07) is 0. The highest BCUT2D eigenvalue weighted by molar-refractivity contribution is 5.81. The molecule has 0 aromatic rings. The Kier molecular flexibility index (Phi) is 7.18. The lowest BCUT2D eigenvalue weighted by atomic mass is 9.87. The number of aliphatic carboxylic acids is 1. The number of unbranched alkanes of at least 4 members (excludes halogenated alkanes) is 1. The third kappa shape index (κ3) is 6.38. The summed E-state index contributed by atoms with van der Waals surface area (Å²) in [6.07, 6.45) is 6.00. The lowest BCUT2D eigenvalue weighted by molar-refractivity contribution is -0.144. The van der Waals surface area contributed by atoms with Crippen LogP contribution in [0.15, 0.2) is 12.7 Å². The number of hydrogen-bond acceptors (Lipinski definition) is 4. The molecule has 0 spiro atoms. The molecule has 0 aromatic carbocycles. The quantitative estimate of drug-likeness (QED) is 0.415. The standard InChI is InChI=1S/C14H22O5/c1-2-13(15)19-10-4-3-9-18-12-7-5-11(6-8-12)14(16)17/h2,11-12H,1,3-10H2,(H,16,17). The van der Waals surface area contributed by atoms with Crippen LogP contribution < -0.4 is 0 Å². The van der Waals surface area contributed by atoms with Crippen molar-refractivity contribution >= 4 is 11.9 Å². The largest absolute Gasteiger partial charge is 0.481 e. The second-order valence-corrected chi connectivity index (χ2v) is 4.76. The zero-order valence-electron chi connectivity index (χ0n) is 11.2. The second kappa shape index (κ2) is 8.69. The van der Waals surface area contributed by atoms with Gasteiger partial charge >= 0.3 is 11.9 Å². The van der Waals surface area contributed by atoms with E-state index in [9.17, 15) is 9.59 Å². The van der Waals surface area contributed by atoms with E-state index in [1.54, 1.807) is 0 Å². The first-order valence-electron chi connectivity index (χ1n) is 6.77. The van der Waals surface area contributed by atoms with Crippen molar-refractivity contribution in [2.75, 3.05) is 13.2 Å². The van der Waals surface area contributed by atoms with E-state index in [2.05, 4.69) is 6.58 Å². The van der Waals surface area contributed by atoms with Gasteiger partial charge in [0.1, 0.15) is 0 Å². The lowest BCUT2D eigenvalue weighted by Gasteiger charge is -2.26. The molecule has 5 heteroatoms. The van der Waals surface area contributed by atoms with Crippen molar-refractivity contribution in [2.24, 2.45) is 5.92 Å². The highest BCUT2D eigenvalue weighted by Gasteiger charge is 2.25. The molecule has 108 valence electrons. The number of rotatable bonds is 8. The van der Waals surface area contributed by atoms with E-state index in [0.717, 1.165) is 31.8 Å². The van der Waals surface area contributed by atoms with Crippen molar-refractivity contribution in [3.8, 4) is 0 Å². The van der Waals surface area contributed by atoms with Crippen molar-refractivity contribution in [1.82, 2.24) is 0 Å². The Morgan fingerprint density at radius 1 is 1.16 bits per heavy atom. The number of esters is 1. The van der Waals surface area contributed by atoms with Crippen LogP contribution >= 0.6 is 0 Å². The Balaban J connectivity index is 1.98. The first-order chi connectivity index (χ1) is 9.13. The highest BCUT2D eigenvalue weighted by Crippen LogP contribution is 2.26. The molecule has 0 unspecified atom stereocenters. The summed E-state index contributed by atoms with van der Waals surface area (Å²) in [5.74, 6) is -1.28. The summed E-state index contributed by atoms with van der Waals surface area (Å²) in [7, 11) is 0. The average Bonchev–Trinajstić information content (AvgIpc) is 2.42. The number of carboxylic acid groups (broad SMARTS) is 1. The molecule has 19 heavy (non-hydrogen) atoms. The number of carbonyl (C=O) groups is 2. The van der Waals surface area contributed by atoms with Gasteiger partial charge in [0, 0.05) is 12.7 Å². The summed E-state index contributed by atoms with van der Waals surface area (Å²) in [5, 5.41) is 8.87. The molecule has 1 rings (SSSR count). The van der Waals surface area contributed by atoms with Gasteiger partial charge in [-0.15, -0.1) is 0 Å². The molecule has 0 radical (unpaired) electrons. The fraction of sp³-hybridized carbons (Fsp3) is 0.714. The van der Waals surface area contributed by atoms with E-state index in [1.165, 1.54) is 0 Å². The van der Waals surface area contributed by atoms with Crippen LogP contribution in [0.3, 0.4) is 0 Å². The zero-order valence-corrected chi connectivity index (χ0v) is 11.2. The highest BCUT2D eigenvalue weighted by atomic mass is 16.5. The van der Waals surface area contributed by atoms with Crippen LogP contribution in [-0.4, -0.2) is 36.4 Å². The maximum Gasteiger partial charge on any atom is 0.330 e. The number of carbonyl (C=O) groups excluding carboxylic acids is 1. The lowest BCUT2D eigenvalue weighted by Crippen LogP contribution is -2.26. The summed E-state index contributed by atoms with van der Waals surface area (Å²) in [4.78, 5) is 21.5. The van der Waals surface area contributed by atoms with Crippen LogP contribution in [0.2, 0.25) is 0 Å². The van der Waals surface area contributed by atoms with Crippen LogP contribution in [0.25, 0.3) is 0 Å². The van der Waals surface area contributed by atoms with Gasteiger partial charge in [0.25, 0.3) is 0 Å². The molecule has 0 aliphatic heterocycles. The van der Waals surface area contributed by atoms with Crippen LogP contribution in [0.5, 0.6) is 0 Å². The fourth-order valence-corrected chi connectivity index (χ4v) is 2.16. The van der Waals surface area contributed by atoms with Crippen LogP contribution in [-0.2, 0) is 19.1 Å². The summed E-state index contributed by atoms with van der Waals surface area (Å²) < 4.78 is 10.5. The Bertz CT molecular complexity index is 305. The average molecular weight is 270 g/mol. The molecule has 0 aromatic heterocycles. The summed E-state index contributed by atoms with van der Waals surface area (Å²) >= 11 is 0. The van der Waals surface area contributed by atoms with Gasteiger partial charge in [-0.3, -0.25) is 4.79 Å². The normalized spacial score (nSPS) is 22.7. The molecule has 0 saturated heterocycles. The van der Waals surface area contributed by atoms with E-state index >= 15 is 0 Å². The molecule has 0 atom stereocenters. The molecular weight excluding hydrogens is 248 g/mol. The van der Waals surface area contributed by atoms with Crippen molar-refractivity contribution in [2.45, 2.75) is 44.6 Å². The molecule has 1 N–H and O–H groups in total. The predicted octanol–water partition coefficient (Wildman–Crippen LogP) is 2.16. The van der Waals surface area contributed by atoms with E-state index in [-0.39, 0.29) is 12.0 Å². The molecule has 1 saturated carbocycles. The van der Waals surface area contributed by atoms with Crippen LogP contribution in [0.1, 0.15) is 38.5 Å². The van der Waals surface area contributed by atoms with Crippen molar-refractivity contribution in [3.63, 3.8) is 0 Å². The van der Waals surface area contributed by atoms with Gasteiger partial charge in [-0.2, -0.15) is 0 Å². The monoisotopic (exact) mass is 270 g/mol. The Morgan fingerprint density at radius 3 is 2.37 bits per heavy atom. The topological polar surface area (TPSA) is 72.8 Å². The number of hydrogen-bond donors (Lipinski definition) is 1. The van der Waals surface area contributed by atoms with Crippen LogP contribution in [0, 0.1) is 5.92 Å². The molecular formula is C14H22O5. The van der Waals surface area contributed by atoms with Gasteiger partial charge in [0.15, 0.2) is 0 Å².